The van der Waals surface area contributed by atoms with E-state index in [1.807, 2.05) is 11.8 Å². The molecule has 0 saturated carbocycles. The van der Waals surface area contributed by atoms with Crippen LogP contribution in [0.3, 0.4) is 0 Å². The van der Waals surface area contributed by atoms with Gasteiger partial charge in [0.25, 0.3) is 0 Å². The summed E-state index contributed by atoms with van der Waals surface area (Å²) in [4.78, 5) is 7.53. The third-order valence-electron chi connectivity index (χ3n) is 6.39. The van der Waals surface area contributed by atoms with Crippen molar-refractivity contribution in [3.05, 3.63) is 36.4 Å². The summed E-state index contributed by atoms with van der Waals surface area (Å²) in [6, 6.07) is 13.2. The van der Waals surface area contributed by atoms with Crippen molar-refractivity contribution in [2.24, 2.45) is 0 Å². The Hall–Kier alpha value is -1.73. The molecule has 174 valence electrons. The summed E-state index contributed by atoms with van der Waals surface area (Å²) in [6.45, 7) is 17.2. The lowest BCUT2D eigenvalue weighted by atomic mass is 10.1. The van der Waals surface area contributed by atoms with Gasteiger partial charge in [0.15, 0.2) is 0 Å². The third-order valence-corrected chi connectivity index (χ3v) is 7.59. The van der Waals surface area contributed by atoms with Crippen LogP contribution in [0, 0.1) is 0 Å². The maximum Gasteiger partial charge on any atom is 0.103 e. The molecule has 0 bridgehead atoms. The smallest absolute Gasteiger partial charge is 0.103 e. The van der Waals surface area contributed by atoms with Crippen molar-refractivity contribution in [2.75, 3.05) is 51.1 Å². The Balaban J connectivity index is 0.00000289. The van der Waals surface area contributed by atoms with Crippen molar-refractivity contribution in [1.29, 1.82) is 0 Å². The van der Waals surface area contributed by atoms with Crippen LogP contribution in [0.25, 0.3) is 22.2 Å². The van der Waals surface area contributed by atoms with Crippen LogP contribution in [-0.2, 0) is 6.54 Å². The highest BCUT2D eigenvalue weighted by molar-refractivity contribution is 8.00. The summed E-state index contributed by atoms with van der Waals surface area (Å²) in [5.74, 6) is 0. The highest BCUT2D eigenvalue weighted by Crippen LogP contribution is 2.50. The number of likely N-dealkylation sites (N-methyl/N-ethyl adjacent to an activating group) is 2. The van der Waals surface area contributed by atoms with Gasteiger partial charge in [-0.2, -0.15) is 5.10 Å². The van der Waals surface area contributed by atoms with Gasteiger partial charge < -0.3 is 15.1 Å². The average molecular weight is 474 g/mol. The Morgan fingerprint density at radius 1 is 0.906 bits per heavy atom. The molecular weight excluding hydrogens is 438 g/mol. The Morgan fingerprint density at radius 3 is 2.31 bits per heavy atom. The molecule has 3 aromatic rings. The van der Waals surface area contributed by atoms with Gasteiger partial charge in [-0.1, -0.05) is 57.7 Å². The summed E-state index contributed by atoms with van der Waals surface area (Å²) >= 11 is 1.88. The van der Waals surface area contributed by atoms with E-state index in [1.165, 1.54) is 31.9 Å². The van der Waals surface area contributed by atoms with Crippen LogP contribution in [0.4, 0.5) is 5.69 Å². The molecule has 7 heteroatoms. The third kappa shape index (κ3) is 4.93. The molecule has 0 aliphatic carbocycles. The molecule has 1 aromatic heterocycles. The zero-order valence-electron chi connectivity index (χ0n) is 19.7. The topological polar surface area (TPSA) is 36.3 Å². The monoisotopic (exact) mass is 473 g/mol. The van der Waals surface area contributed by atoms with E-state index in [2.05, 4.69) is 83.9 Å². The van der Waals surface area contributed by atoms with Gasteiger partial charge in [-0.3, -0.25) is 4.68 Å². The molecule has 0 fully saturated rings. The van der Waals surface area contributed by atoms with E-state index in [4.69, 9.17) is 5.10 Å². The highest BCUT2D eigenvalue weighted by Gasteiger charge is 2.25. The molecule has 1 aliphatic heterocycles. The first-order chi connectivity index (χ1) is 15.2. The molecule has 2 heterocycles. The summed E-state index contributed by atoms with van der Waals surface area (Å²) in [6.07, 6.45) is 0. The van der Waals surface area contributed by atoms with E-state index >= 15 is 0 Å². The van der Waals surface area contributed by atoms with Gasteiger partial charge in [-0.15, -0.1) is 12.4 Å². The number of anilines is 1. The van der Waals surface area contributed by atoms with Crippen molar-refractivity contribution in [1.82, 2.24) is 19.6 Å². The number of nitrogens with zero attached hydrogens (tertiary/aromatic N) is 4. The molecule has 32 heavy (non-hydrogen) atoms. The minimum Gasteiger partial charge on any atom is -0.383 e. The Bertz CT molecular complexity index is 1030. The number of rotatable bonds is 11. The molecule has 1 aliphatic rings. The van der Waals surface area contributed by atoms with Gasteiger partial charge in [0, 0.05) is 46.1 Å². The first-order valence-corrected chi connectivity index (χ1v) is 12.5. The van der Waals surface area contributed by atoms with E-state index in [-0.39, 0.29) is 12.4 Å². The van der Waals surface area contributed by atoms with Crippen molar-refractivity contribution in [2.45, 2.75) is 44.0 Å². The van der Waals surface area contributed by atoms with E-state index < -0.39 is 0 Å². The van der Waals surface area contributed by atoms with Crippen LogP contribution in [0.2, 0.25) is 0 Å². The Morgan fingerprint density at radius 2 is 1.59 bits per heavy atom. The molecule has 0 amide bonds. The molecular formula is C25H36ClN5S. The maximum atomic E-state index is 5.12. The van der Waals surface area contributed by atoms with Crippen LogP contribution in [-0.4, -0.2) is 65.4 Å². The van der Waals surface area contributed by atoms with Crippen LogP contribution in [0.1, 0.15) is 27.7 Å². The minimum atomic E-state index is 0. The molecule has 0 unspecified atom stereocenters. The Labute approximate surface area is 202 Å². The molecule has 0 spiro atoms. The van der Waals surface area contributed by atoms with Gasteiger partial charge >= 0.3 is 0 Å². The summed E-state index contributed by atoms with van der Waals surface area (Å²) in [5.41, 5.74) is 4.86. The highest BCUT2D eigenvalue weighted by atomic mass is 35.5. The second-order valence-corrected chi connectivity index (χ2v) is 9.04. The molecule has 0 radical (unpaired) electrons. The fourth-order valence-electron chi connectivity index (χ4n) is 4.37. The number of aromatic nitrogens is 2. The van der Waals surface area contributed by atoms with Crippen molar-refractivity contribution in [3.63, 3.8) is 0 Å². The number of nitrogens with one attached hydrogen (secondary N) is 1. The quantitative estimate of drug-likeness (QED) is 0.303. The van der Waals surface area contributed by atoms with Gasteiger partial charge in [0.2, 0.25) is 0 Å². The average Bonchev–Trinajstić information content (AvgIpc) is 3.18. The fraction of sp³-hybridized carbons (Fsp3) is 0.480. The zero-order valence-corrected chi connectivity index (χ0v) is 21.4. The summed E-state index contributed by atoms with van der Waals surface area (Å²) < 4.78 is 2.22. The largest absolute Gasteiger partial charge is 0.383 e. The molecule has 4 rings (SSSR count). The van der Waals surface area contributed by atoms with Gasteiger partial charge in [0.05, 0.1) is 12.1 Å². The summed E-state index contributed by atoms with van der Waals surface area (Å²) in [7, 11) is 0. The van der Waals surface area contributed by atoms with Gasteiger partial charge in [-0.25, -0.2) is 0 Å². The molecule has 0 saturated heterocycles. The lowest BCUT2D eigenvalue weighted by Crippen LogP contribution is -2.28. The minimum absolute atomic E-state index is 0. The van der Waals surface area contributed by atoms with E-state index in [1.54, 1.807) is 0 Å². The number of hydrogen-bond acceptors (Lipinski definition) is 5. The maximum absolute atomic E-state index is 5.12. The SMILES string of the molecule is CCN(CC)CCNc1ccc2c3c(nn2CCN(CC)CC)-c2ccccc2Sc13.Cl. The van der Waals surface area contributed by atoms with Crippen LogP contribution in [0.15, 0.2) is 46.2 Å². The summed E-state index contributed by atoms with van der Waals surface area (Å²) in [5, 5.41) is 10.1. The lowest BCUT2D eigenvalue weighted by Gasteiger charge is -2.21. The number of halogens is 1. The standard InChI is InChI=1S/C25H35N5S.ClH/c1-5-28(6-2)16-15-26-20-13-14-21-23-24(27-30(21)18-17-29(7-3)8-4)19-11-9-10-12-22(19)31-25(20)23;/h9-14,26H,5-8,15-18H2,1-4H3;1H. The normalized spacial score (nSPS) is 12.3. The van der Waals surface area contributed by atoms with Crippen LogP contribution < -0.4 is 5.32 Å². The molecule has 5 nitrogen and oxygen atoms in total. The van der Waals surface area contributed by atoms with Crippen molar-refractivity contribution < 1.29 is 0 Å². The number of hydrogen-bond donors (Lipinski definition) is 1. The first kappa shape index (κ1) is 24.9. The van der Waals surface area contributed by atoms with Crippen LogP contribution >= 0.6 is 24.2 Å². The predicted molar refractivity (Wildman–Crippen MR) is 141 cm³/mol. The lowest BCUT2D eigenvalue weighted by molar-refractivity contribution is 0.287. The zero-order chi connectivity index (χ0) is 21.8. The van der Waals surface area contributed by atoms with Crippen molar-refractivity contribution >= 4 is 40.8 Å². The molecule has 1 N–H and O–H groups in total. The van der Waals surface area contributed by atoms with E-state index in [9.17, 15) is 0 Å². The van der Waals surface area contributed by atoms with Gasteiger partial charge in [0.1, 0.15) is 5.69 Å². The number of fused-ring (bicyclic) bond motifs is 2. The van der Waals surface area contributed by atoms with Crippen molar-refractivity contribution in [3.8, 4) is 11.3 Å². The van der Waals surface area contributed by atoms with Crippen LogP contribution in [0.5, 0.6) is 0 Å². The predicted octanol–water partition coefficient (Wildman–Crippen LogP) is 5.69. The first-order valence-electron chi connectivity index (χ1n) is 11.7. The van der Waals surface area contributed by atoms with E-state index in [0.717, 1.165) is 58.1 Å². The second-order valence-electron chi connectivity index (χ2n) is 7.99. The Kier molecular flexibility index (Phi) is 8.88. The number of benzene rings is 2. The molecule has 0 atom stereocenters. The fourth-order valence-corrected chi connectivity index (χ4v) is 5.57. The van der Waals surface area contributed by atoms with E-state index in [0.29, 0.717) is 0 Å². The second kappa shape index (κ2) is 11.4. The molecule has 2 aromatic carbocycles. The van der Waals surface area contributed by atoms with Gasteiger partial charge in [-0.05, 0) is 44.4 Å².